The molecule has 1 atom stereocenters. The van der Waals surface area contributed by atoms with Crippen LogP contribution >= 0.6 is 11.6 Å². The van der Waals surface area contributed by atoms with Crippen molar-refractivity contribution in [2.45, 2.75) is 25.8 Å². The van der Waals surface area contributed by atoms with E-state index in [0.717, 1.165) is 23.8 Å². The molecule has 3 heteroatoms. The number of halogens is 1. The van der Waals surface area contributed by atoms with Gasteiger partial charge in [0.05, 0.1) is 5.84 Å². The SMILES string of the molecule is C[C@H](NC1=NCCC1)c1cccc(Cl)c1. The van der Waals surface area contributed by atoms with Gasteiger partial charge in [-0.3, -0.25) is 4.99 Å². The maximum absolute atomic E-state index is 5.95. The van der Waals surface area contributed by atoms with Gasteiger partial charge in [-0.15, -0.1) is 0 Å². The maximum Gasteiger partial charge on any atom is 0.0968 e. The highest BCUT2D eigenvalue weighted by Crippen LogP contribution is 2.18. The summed E-state index contributed by atoms with van der Waals surface area (Å²) in [6.45, 7) is 3.09. The molecule has 0 saturated heterocycles. The number of nitrogens with zero attached hydrogens (tertiary/aromatic N) is 1. The predicted molar refractivity (Wildman–Crippen MR) is 64.5 cm³/mol. The van der Waals surface area contributed by atoms with Crippen LogP contribution < -0.4 is 5.32 Å². The van der Waals surface area contributed by atoms with Gasteiger partial charge in [0.25, 0.3) is 0 Å². The monoisotopic (exact) mass is 222 g/mol. The van der Waals surface area contributed by atoms with Gasteiger partial charge in [-0.2, -0.15) is 0 Å². The standard InChI is InChI=1S/C12H15ClN2/c1-9(15-12-6-3-7-14-12)10-4-2-5-11(13)8-10/h2,4-5,8-9H,3,6-7H2,1H3,(H,14,15)/t9-/m0/s1. The first-order valence-electron chi connectivity index (χ1n) is 5.31. The molecule has 80 valence electrons. The number of rotatable bonds is 2. The number of benzene rings is 1. The van der Waals surface area contributed by atoms with E-state index in [-0.39, 0.29) is 6.04 Å². The van der Waals surface area contributed by atoms with Gasteiger partial charge in [-0.05, 0) is 31.0 Å². The molecule has 1 aliphatic rings. The molecular formula is C12H15ClN2. The fourth-order valence-electron chi connectivity index (χ4n) is 1.77. The third kappa shape index (κ3) is 2.72. The Labute approximate surface area is 95.4 Å². The topological polar surface area (TPSA) is 24.4 Å². The van der Waals surface area contributed by atoms with Crippen LogP contribution in [0.1, 0.15) is 31.4 Å². The highest BCUT2D eigenvalue weighted by molar-refractivity contribution is 6.30. The lowest BCUT2D eigenvalue weighted by atomic mass is 10.1. The molecule has 0 unspecified atom stereocenters. The molecule has 0 fully saturated rings. The van der Waals surface area contributed by atoms with Gasteiger partial charge in [-0.25, -0.2) is 0 Å². The summed E-state index contributed by atoms with van der Waals surface area (Å²) in [6, 6.07) is 8.23. The lowest BCUT2D eigenvalue weighted by Gasteiger charge is -2.15. The van der Waals surface area contributed by atoms with E-state index in [1.54, 1.807) is 0 Å². The Kier molecular flexibility index (Phi) is 3.27. The van der Waals surface area contributed by atoms with Crippen LogP contribution in [0, 0.1) is 0 Å². The molecule has 0 spiro atoms. The zero-order valence-corrected chi connectivity index (χ0v) is 9.59. The van der Waals surface area contributed by atoms with E-state index in [4.69, 9.17) is 11.6 Å². The second kappa shape index (κ2) is 4.67. The highest BCUT2D eigenvalue weighted by atomic mass is 35.5. The van der Waals surface area contributed by atoms with E-state index in [0.29, 0.717) is 0 Å². The van der Waals surface area contributed by atoms with Crippen molar-refractivity contribution in [3.8, 4) is 0 Å². The fourth-order valence-corrected chi connectivity index (χ4v) is 1.97. The van der Waals surface area contributed by atoms with Gasteiger partial charge < -0.3 is 5.32 Å². The van der Waals surface area contributed by atoms with E-state index in [9.17, 15) is 0 Å². The molecule has 15 heavy (non-hydrogen) atoms. The van der Waals surface area contributed by atoms with Crippen molar-refractivity contribution in [2.24, 2.45) is 4.99 Å². The van der Waals surface area contributed by atoms with Gasteiger partial charge in [0.1, 0.15) is 0 Å². The second-order valence-corrected chi connectivity index (χ2v) is 4.29. The summed E-state index contributed by atoms with van der Waals surface area (Å²) in [6.07, 6.45) is 2.25. The number of nitrogens with one attached hydrogen (secondary N) is 1. The van der Waals surface area contributed by atoms with Crippen LogP contribution in [0.25, 0.3) is 0 Å². The zero-order valence-electron chi connectivity index (χ0n) is 8.83. The summed E-state index contributed by atoms with van der Waals surface area (Å²) in [5.74, 6) is 1.13. The smallest absolute Gasteiger partial charge is 0.0968 e. The zero-order chi connectivity index (χ0) is 10.7. The largest absolute Gasteiger partial charge is 0.367 e. The first-order valence-corrected chi connectivity index (χ1v) is 5.69. The molecule has 2 rings (SSSR count). The summed E-state index contributed by atoms with van der Waals surface area (Å²) < 4.78 is 0. The minimum atomic E-state index is 0.278. The van der Waals surface area contributed by atoms with Crippen molar-refractivity contribution in [1.82, 2.24) is 5.32 Å². The molecule has 2 nitrogen and oxygen atoms in total. The van der Waals surface area contributed by atoms with E-state index in [2.05, 4.69) is 23.3 Å². The Bertz CT molecular complexity index is 374. The lowest BCUT2D eigenvalue weighted by molar-refractivity contribution is 0.709. The molecular weight excluding hydrogens is 208 g/mol. The summed E-state index contributed by atoms with van der Waals surface area (Å²) in [5, 5.41) is 4.20. The third-order valence-electron chi connectivity index (χ3n) is 2.61. The van der Waals surface area contributed by atoms with E-state index in [1.807, 2.05) is 18.2 Å². The lowest BCUT2D eigenvalue weighted by Crippen LogP contribution is -2.24. The number of hydrogen-bond acceptors (Lipinski definition) is 2. The van der Waals surface area contributed by atoms with E-state index < -0.39 is 0 Å². The molecule has 0 aromatic heterocycles. The van der Waals surface area contributed by atoms with Crippen LogP contribution in [-0.2, 0) is 0 Å². The normalized spacial score (nSPS) is 17.3. The van der Waals surface area contributed by atoms with Crippen molar-refractivity contribution < 1.29 is 0 Å². The van der Waals surface area contributed by atoms with Crippen LogP contribution in [0.4, 0.5) is 0 Å². The molecule has 0 amide bonds. The molecule has 1 heterocycles. The molecule has 1 aromatic rings. The second-order valence-electron chi connectivity index (χ2n) is 3.85. The molecule has 1 aliphatic heterocycles. The Morgan fingerprint density at radius 3 is 3.00 bits per heavy atom. The number of amidine groups is 1. The van der Waals surface area contributed by atoms with Crippen LogP contribution in [-0.4, -0.2) is 12.4 Å². The molecule has 0 radical (unpaired) electrons. The van der Waals surface area contributed by atoms with Crippen molar-refractivity contribution in [3.05, 3.63) is 34.9 Å². The van der Waals surface area contributed by atoms with E-state index in [1.165, 1.54) is 12.0 Å². The highest BCUT2D eigenvalue weighted by Gasteiger charge is 2.10. The van der Waals surface area contributed by atoms with Gasteiger partial charge in [0.2, 0.25) is 0 Å². The minimum absolute atomic E-state index is 0.278. The van der Waals surface area contributed by atoms with Crippen molar-refractivity contribution in [2.75, 3.05) is 6.54 Å². The van der Waals surface area contributed by atoms with Crippen LogP contribution in [0.2, 0.25) is 5.02 Å². The van der Waals surface area contributed by atoms with Crippen molar-refractivity contribution in [3.63, 3.8) is 0 Å². The van der Waals surface area contributed by atoms with Crippen LogP contribution in [0.5, 0.6) is 0 Å². The third-order valence-corrected chi connectivity index (χ3v) is 2.84. The summed E-state index contributed by atoms with van der Waals surface area (Å²) in [5.41, 5.74) is 1.21. The predicted octanol–water partition coefficient (Wildman–Crippen LogP) is 3.18. The first-order chi connectivity index (χ1) is 7.25. The Morgan fingerprint density at radius 2 is 2.33 bits per heavy atom. The maximum atomic E-state index is 5.95. The van der Waals surface area contributed by atoms with Crippen molar-refractivity contribution in [1.29, 1.82) is 0 Å². The molecule has 1 aromatic carbocycles. The Hall–Kier alpha value is -1.02. The van der Waals surface area contributed by atoms with Gasteiger partial charge >= 0.3 is 0 Å². The molecule has 0 saturated carbocycles. The first kappa shape index (κ1) is 10.5. The van der Waals surface area contributed by atoms with Gasteiger partial charge in [-0.1, -0.05) is 23.7 Å². The van der Waals surface area contributed by atoms with Crippen LogP contribution in [0.15, 0.2) is 29.3 Å². The number of aliphatic imine (C=N–C) groups is 1. The quantitative estimate of drug-likeness (QED) is 0.817. The minimum Gasteiger partial charge on any atom is -0.367 e. The Morgan fingerprint density at radius 1 is 1.47 bits per heavy atom. The van der Waals surface area contributed by atoms with Gasteiger partial charge in [0.15, 0.2) is 0 Å². The molecule has 1 N–H and O–H groups in total. The van der Waals surface area contributed by atoms with E-state index >= 15 is 0 Å². The summed E-state index contributed by atoms with van der Waals surface area (Å²) in [4.78, 5) is 4.40. The number of hydrogen-bond donors (Lipinski definition) is 1. The van der Waals surface area contributed by atoms with Gasteiger partial charge in [0, 0.05) is 24.0 Å². The molecule has 0 bridgehead atoms. The summed E-state index contributed by atoms with van der Waals surface area (Å²) >= 11 is 5.95. The fraction of sp³-hybridized carbons (Fsp3) is 0.417. The Balaban J connectivity index is 2.04. The molecule has 0 aliphatic carbocycles. The van der Waals surface area contributed by atoms with Crippen LogP contribution in [0.3, 0.4) is 0 Å². The average Bonchev–Trinajstić information content (AvgIpc) is 2.70. The average molecular weight is 223 g/mol. The summed E-state index contributed by atoms with van der Waals surface area (Å²) in [7, 11) is 0. The van der Waals surface area contributed by atoms with Crippen molar-refractivity contribution >= 4 is 17.4 Å².